The molecule has 0 unspecified atom stereocenters. The number of benzene rings is 1. The van der Waals surface area contributed by atoms with Gasteiger partial charge in [0.15, 0.2) is 5.69 Å². The van der Waals surface area contributed by atoms with Crippen molar-refractivity contribution in [1.82, 2.24) is 10.5 Å². The largest absolute Gasteiger partial charge is 0.478 e. The van der Waals surface area contributed by atoms with Gasteiger partial charge in [0.2, 0.25) is 0 Å². The number of aromatic nitrogens is 1. The third-order valence-electron chi connectivity index (χ3n) is 3.20. The Morgan fingerprint density at radius 3 is 2.73 bits per heavy atom. The Hall–Kier alpha value is -2.63. The van der Waals surface area contributed by atoms with Crippen LogP contribution >= 0.6 is 0 Å². The van der Waals surface area contributed by atoms with E-state index in [0.29, 0.717) is 18.7 Å². The molecule has 1 aromatic heterocycles. The molecule has 6 nitrogen and oxygen atoms in total. The molecule has 116 valence electrons. The molecule has 0 atom stereocenters. The zero-order valence-electron chi connectivity index (χ0n) is 12.5. The minimum absolute atomic E-state index is 0.174. The van der Waals surface area contributed by atoms with Crippen LogP contribution in [0.4, 0.5) is 0 Å². The Morgan fingerprint density at radius 1 is 1.32 bits per heavy atom. The average Bonchev–Trinajstić information content (AvgIpc) is 2.97. The second kappa shape index (κ2) is 6.89. The van der Waals surface area contributed by atoms with E-state index >= 15 is 0 Å². The molecular formula is C16H18N2O4. The van der Waals surface area contributed by atoms with E-state index in [9.17, 15) is 9.59 Å². The molecular weight excluding hydrogens is 284 g/mol. The fourth-order valence-electron chi connectivity index (χ4n) is 1.94. The van der Waals surface area contributed by atoms with Crippen LogP contribution in [0.3, 0.4) is 0 Å². The van der Waals surface area contributed by atoms with Crippen molar-refractivity contribution in [3.05, 3.63) is 52.9 Å². The highest BCUT2D eigenvalue weighted by molar-refractivity contribution is 5.92. The van der Waals surface area contributed by atoms with Gasteiger partial charge < -0.3 is 14.9 Å². The lowest BCUT2D eigenvalue weighted by Gasteiger charge is -2.04. The first-order chi connectivity index (χ1) is 10.5. The highest BCUT2D eigenvalue weighted by atomic mass is 16.5. The highest BCUT2D eigenvalue weighted by Crippen LogP contribution is 2.14. The summed E-state index contributed by atoms with van der Waals surface area (Å²) in [5.74, 6) is -0.424. The number of carbonyl (C=O) groups is 2. The summed E-state index contributed by atoms with van der Waals surface area (Å²) < 4.78 is 5.08. The van der Waals surface area contributed by atoms with E-state index < -0.39 is 5.97 Å². The van der Waals surface area contributed by atoms with Crippen molar-refractivity contribution in [2.75, 3.05) is 6.54 Å². The van der Waals surface area contributed by atoms with Crippen molar-refractivity contribution in [3.63, 3.8) is 0 Å². The number of hydrogen-bond acceptors (Lipinski definition) is 4. The molecule has 2 rings (SSSR count). The number of carboxylic acid groups (broad SMARTS) is 1. The third kappa shape index (κ3) is 3.94. The Kier molecular flexibility index (Phi) is 4.93. The number of carbonyl (C=O) groups excluding carboxylic acids is 1. The van der Waals surface area contributed by atoms with Crippen molar-refractivity contribution in [3.8, 4) is 0 Å². The van der Waals surface area contributed by atoms with Crippen LogP contribution in [0.2, 0.25) is 0 Å². The summed E-state index contributed by atoms with van der Waals surface area (Å²) in [6, 6.07) is 8.28. The van der Waals surface area contributed by atoms with Crippen LogP contribution < -0.4 is 5.32 Å². The number of nitrogens with zero attached hydrogens (tertiary/aromatic N) is 1. The number of nitrogens with one attached hydrogen (secondary N) is 1. The Balaban J connectivity index is 1.89. The molecule has 0 saturated carbocycles. The predicted octanol–water partition coefficient (Wildman–Crippen LogP) is 2.47. The number of aromatic carboxylic acids is 1. The SMILES string of the molecule is CC(C)c1cc(C(=O)NCCc2cccc(C(=O)O)c2)no1. The standard InChI is InChI=1S/C16H18N2O4/c1-10(2)14-9-13(18-22-14)15(19)17-7-6-11-4-3-5-12(8-11)16(20)21/h3-5,8-10H,6-7H2,1-2H3,(H,17,19)(H,20,21). The molecule has 1 heterocycles. The van der Waals surface area contributed by atoms with Gasteiger partial charge in [-0.25, -0.2) is 4.79 Å². The minimum atomic E-state index is -0.963. The molecule has 0 aliphatic heterocycles. The molecule has 0 radical (unpaired) electrons. The first kappa shape index (κ1) is 15.8. The van der Waals surface area contributed by atoms with E-state index in [1.165, 1.54) is 6.07 Å². The number of carboxylic acids is 1. The van der Waals surface area contributed by atoms with Gasteiger partial charge in [-0.15, -0.1) is 0 Å². The maximum Gasteiger partial charge on any atom is 0.335 e. The van der Waals surface area contributed by atoms with Crippen LogP contribution in [0.25, 0.3) is 0 Å². The van der Waals surface area contributed by atoms with Gasteiger partial charge in [0.05, 0.1) is 5.56 Å². The summed E-state index contributed by atoms with van der Waals surface area (Å²) in [7, 11) is 0. The fraction of sp³-hybridized carbons (Fsp3) is 0.312. The number of hydrogen-bond donors (Lipinski definition) is 2. The van der Waals surface area contributed by atoms with Gasteiger partial charge in [0.1, 0.15) is 5.76 Å². The predicted molar refractivity (Wildman–Crippen MR) is 80.0 cm³/mol. The number of rotatable bonds is 6. The molecule has 0 aliphatic carbocycles. The van der Waals surface area contributed by atoms with E-state index in [1.807, 2.05) is 19.9 Å². The molecule has 0 saturated heterocycles. The lowest BCUT2D eigenvalue weighted by atomic mass is 10.1. The summed E-state index contributed by atoms with van der Waals surface area (Å²) in [6.07, 6.45) is 0.543. The van der Waals surface area contributed by atoms with Crippen molar-refractivity contribution >= 4 is 11.9 Å². The van der Waals surface area contributed by atoms with Gasteiger partial charge in [-0.1, -0.05) is 31.1 Å². The molecule has 0 spiro atoms. The smallest absolute Gasteiger partial charge is 0.335 e. The monoisotopic (exact) mass is 302 g/mol. The summed E-state index contributed by atoms with van der Waals surface area (Å²) >= 11 is 0. The molecule has 0 fully saturated rings. The van der Waals surface area contributed by atoms with Crippen LogP contribution in [0.1, 0.15) is 51.9 Å². The van der Waals surface area contributed by atoms with Gasteiger partial charge in [-0.2, -0.15) is 0 Å². The number of amides is 1. The first-order valence-corrected chi connectivity index (χ1v) is 7.04. The van der Waals surface area contributed by atoms with Gasteiger partial charge in [-0.3, -0.25) is 4.79 Å². The maximum absolute atomic E-state index is 11.9. The Labute approximate surface area is 128 Å². The Morgan fingerprint density at radius 2 is 2.09 bits per heavy atom. The lowest BCUT2D eigenvalue weighted by molar-refractivity contribution is 0.0696. The topological polar surface area (TPSA) is 92.4 Å². The normalized spacial score (nSPS) is 10.7. The van der Waals surface area contributed by atoms with E-state index in [0.717, 1.165) is 5.56 Å². The van der Waals surface area contributed by atoms with Crippen LogP contribution in [0.5, 0.6) is 0 Å². The first-order valence-electron chi connectivity index (χ1n) is 7.04. The highest BCUT2D eigenvalue weighted by Gasteiger charge is 2.14. The minimum Gasteiger partial charge on any atom is -0.478 e. The van der Waals surface area contributed by atoms with Gasteiger partial charge in [0, 0.05) is 18.5 Å². The van der Waals surface area contributed by atoms with E-state index in [1.54, 1.807) is 18.2 Å². The zero-order valence-corrected chi connectivity index (χ0v) is 12.5. The average molecular weight is 302 g/mol. The van der Waals surface area contributed by atoms with E-state index in [-0.39, 0.29) is 23.1 Å². The quantitative estimate of drug-likeness (QED) is 0.855. The van der Waals surface area contributed by atoms with Crippen molar-refractivity contribution < 1.29 is 19.2 Å². The van der Waals surface area contributed by atoms with Crippen LogP contribution in [0.15, 0.2) is 34.9 Å². The van der Waals surface area contributed by atoms with Crippen molar-refractivity contribution in [1.29, 1.82) is 0 Å². The van der Waals surface area contributed by atoms with Gasteiger partial charge >= 0.3 is 5.97 Å². The molecule has 22 heavy (non-hydrogen) atoms. The van der Waals surface area contributed by atoms with Crippen LogP contribution in [-0.2, 0) is 6.42 Å². The summed E-state index contributed by atoms with van der Waals surface area (Å²) in [5, 5.41) is 15.4. The second-order valence-electron chi connectivity index (χ2n) is 5.28. The molecule has 6 heteroatoms. The second-order valence-corrected chi connectivity index (χ2v) is 5.28. The van der Waals surface area contributed by atoms with Gasteiger partial charge in [-0.05, 0) is 24.1 Å². The van der Waals surface area contributed by atoms with E-state index in [2.05, 4.69) is 10.5 Å². The van der Waals surface area contributed by atoms with Crippen LogP contribution in [-0.4, -0.2) is 28.7 Å². The van der Waals surface area contributed by atoms with Crippen molar-refractivity contribution in [2.45, 2.75) is 26.2 Å². The maximum atomic E-state index is 11.9. The van der Waals surface area contributed by atoms with E-state index in [4.69, 9.17) is 9.63 Å². The Bertz CT molecular complexity index is 676. The van der Waals surface area contributed by atoms with Crippen LogP contribution in [0, 0.1) is 0 Å². The molecule has 2 aromatic rings. The molecule has 1 aromatic carbocycles. The molecule has 0 aliphatic rings. The molecule has 1 amide bonds. The fourth-order valence-corrected chi connectivity index (χ4v) is 1.94. The zero-order chi connectivity index (χ0) is 16.1. The molecule has 0 bridgehead atoms. The summed E-state index contributed by atoms with van der Waals surface area (Å²) in [6.45, 7) is 4.31. The third-order valence-corrected chi connectivity index (χ3v) is 3.20. The lowest BCUT2D eigenvalue weighted by Crippen LogP contribution is -2.26. The van der Waals surface area contributed by atoms with Gasteiger partial charge in [0.25, 0.3) is 5.91 Å². The molecule has 2 N–H and O–H groups in total. The van der Waals surface area contributed by atoms with Crippen molar-refractivity contribution in [2.24, 2.45) is 0 Å². The summed E-state index contributed by atoms with van der Waals surface area (Å²) in [4.78, 5) is 22.8. The summed E-state index contributed by atoms with van der Waals surface area (Å²) in [5.41, 5.74) is 1.34.